The van der Waals surface area contributed by atoms with E-state index < -0.39 is 18.7 Å². The molecule has 2 heterocycles. The third kappa shape index (κ3) is 4.83. The van der Waals surface area contributed by atoms with Gasteiger partial charge in [-0.2, -0.15) is 13.2 Å². The van der Waals surface area contributed by atoms with Gasteiger partial charge in [0.05, 0.1) is 30.1 Å². The summed E-state index contributed by atoms with van der Waals surface area (Å²) < 4.78 is 48.7. The van der Waals surface area contributed by atoms with Crippen molar-refractivity contribution >= 4 is 11.6 Å². The van der Waals surface area contributed by atoms with Crippen molar-refractivity contribution in [3.63, 3.8) is 0 Å². The molecule has 0 aliphatic carbocycles. The van der Waals surface area contributed by atoms with Gasteiger partial charge < -0.3 is 9.47 Å². The molecule has 134 valence electrons. The minimum absolute atomic E-state index is 0.000609. The Kier molecular flexibility index (Phi) is 5.44. The lowest BCUT2D eigenvalue weighted by Gasteiger charge is -2.28. The topological polar surface area (TPSA) is 44.2 Å². The summed E-state index contributed by atoms with van der Waals surface area (Å²) in [5.41, 5.74) is 1.78. The number of fused-ring (bicyclic) bond motifs is 1. The van der Waals surface area contributed by atoms with Crippen molar-refractivity contribution in [2.75, 3.05) is 6.61 Å². The molecule has 1 atom stereocenters. The first-order chi connectivity index (χ1) is 11.9. The number of benzene rings is 1. The molecule has 1 aromatic carbocycles. The van der Waals surface area contributed by atoms with Crippen LogP contribution >= 0.6 is 11.6 Å². The zero-order valence-corrected chi connectivity index (χ0v) is 14.0. The molecule has 0 saturated heterocycles. The van der Waals surface area contributed by atoms with Gasteiger partial charge in [-0.1, -0.05) is 23.7 Å². The van der Waals surface area contributed by atoms with Crippen LogP contribution in [0.15, 0.2) is 30.6 Å². The molecule has 8 heteroatoms. The quantitative estimate of drug-likeness (QED) is 0.717. The first-order valence-electron chi connectivity index (χ1n) is 7.88. The van der Waals surface area contributed by atoms with E-state index in [0.717, 1.165) is 11.1 Å². The molecular weight excluding hydrogens is 357 g/mol. The van der Waals surface area contributed by atoms with Crippen molar-refractivity contribution in [1.29, 1.82) is 0 Å². The van der Waals surface area contributed by atoms with Crippen LogP contribution in [-0.2, 0) is 11.2 Å². The zero-order chi connectivity index (χ0) is 17.9. The highest BCUT2D eigenvalue weighted by Crippen LogP contribution is 2.39. The summed E-state index contributed by atoms with van der Waals surface area (Å²) in [5, 5.41) is 0.385. The lowest BCUT2D eigenvalue weighted by Crippen LogP contribution is -2.18. The van der Waals surface area contributed by atoms with Crippen molar-refractivity contribution in [3.8, 4) is 11.8 Å². The van der Waals surface area contributed by atoms with E-state index in [2.05, 4.69) is 9.97 Å². The number of aromatic nitrogens is 2. The van der Waals surface area contributed by atoms with E-state index in [0.29, 0.717) is 23.8 Å². The molecule has 2 aromatic rings. The second kappa shape index (κ2) is 7.58. The molecule has 25 heavy (non-hydrogen) atoms. The van der Waals surface area contributed by atoms with Gasteiger partial charge in [-0.15, -0.1) is 0 Å². The van der Waals surface area contributed by atoms with Gasteiger partial charge in [-0.25, -0.2) is 9.97 Å². The molecular formula is C17H16ClF3N2O2. The van der Waals surface area contributed by atoms with Gasteiger partial charge in [0.15, 0.2) is 0 Å². The SMILES string of the molecule is FC(F)(F)CCCC1OCCc2cccc(Oc3ncc(Cl)cn3)c21. The highest BCUT2D eigenvalue weighted by atomic mass is 35.5. The molecule has 1 aliphatic rings. The lowest BCUT2D eigenvalue weighted by molar-refractivity contribution is -0.137. The lowest BCUT2D eigenvalue weighted by atomic mass is 9.93. The number of rotatable bonds is 5. The van der Waals surface area contributed by atoms with Gasteiger partial charge in [-0.05, 0) is 30.9 Å². The number of hydrogen-bond acceptors (Lipinski definition) is 4. The summed E-state index contributed by atoms with van der Waals surface area (Å²) in [4.78, 5) is 7.97. The van der Waals surface area contributed by atoms with Gasteiger partial charge in [0.2, 0.25) is 0 Å². The average Bonchev–Trinajstić information content (AvgIpc) is 2.56. The minimum atomic E-state index is -4.16. The maximum Gasteiger partial charge on any atom is 0.389 e. The Morgan fingerprint density at radius 1 is 1.24 bits per heavy atom. The highest BCUT2D eigenvalue weighted by molar-refractivity contribution is 6.30. The largest absolute Gasteiger partial charge is 0.424 e. The van der Waals surface area contributed by atoms with Crippen molar-refractivity contribution in [2.45, 2.75) is 38.0 Å². The number of nitrogens with zero attached hydrogens (tertiary/aromatic N) is 2. The maximum atomic E-state index is 12.4. The van der Waals surface area contributed by atoms with Crippen LogP contribution in [0.25, 0.3) is 0 Å². The Labute approximate surface area is 148 Å². The van der Waals surface area contributed by atoms with E-state index in [-0.39, 0.29) is 18.9 Å². The van der Waals surface area contributed by atoms with Crippen molar-refractivity contribution in [1.82, 2.24) is 9.97 Å². The van der Waals surface area contributed by atoms with E-state index in [1.807, 2.05) is 12.1 Å². The molecule has 0 N–H and O–H groups in total. The molecule has 1 aromatic heterocycles. The molecule has 0 bridgehead atoms. The number of ether oxygens (including phenoxy) is 2. The van der Waals surface area contributed by atoms with Crippen LogP contribution in [-0.4, -0.2) is 22.8 Å². The second-order valence-corrected chi connectivity index (χ2v) is 6.17. The summed E-state index contributed by atoms with van der Waals surface area (Å²) in [6.07, 6.45) is -1.64. The predicted molar refractivity (Wildman–Crippen MR) is 85.9 cm³/mol. The van der Waals surface area contributed by atoms with E-state index in [1.54, 1.807) is 6.07 Å². The molecule has 1 aliphatic heterocycles. The van der Waals surface area contributed by atoms with Gasteiger partial charge in [0.1, 0.15) is 5.75 Å². The third-order valence-corrected chi connectivity index (χ3v) is 4.09. The minimum Gasteiger partial charge on any atom is -0.424 e. The first kappa shape index (κ1) is 17.9. The molecule has 1 unspecified atom stereocenters. The molecule has 0 amide bonds. The highest BCUT2D eigenvalue weighted by Gasteiger charge is 2.29. The van der Waals surface area contributed by atoms with E-state index in [9.17, 15) is 13.2 Å². The summed E-state index contributed by atoms with van der Waals surface area (Å²) >= 11 is 5.75. The number of alkyl halides is 3. The average molecular weight is 373 g/mol. The first-order valence-corrected chi connectivity index (χ1v) is 8.26. The molecule has 0 fully saturated rings. The van der Waals surface area contributed by atoms with Crippen LogP contribution in [0.2, 0.25) is 5.02 Å². The van der Waals surface area contributed by atoms with Crippen molar-refractivity contribution in [3.05, 3.63) is 46.7 Å². The van der Waals surface area contributed by atoms with Gasteiger partial charge in [-0.3, -0.25) is 0 Å². The molecule has 3 rings (SSSR count). The molecule has 4 nitrogen and oxygen atoms in total. The van der Waals surface area contributed by atoms with Crippen LogP contribution in [0.4, 0.5) is 13.2 Å². The van der Waals surface area contributed by atoms with Crippen molar-refractivity contribution in [2.24, 2.45) is 0 Å². The van der Waals surface area contributed by atoms with Gasteiger partial charge >= 0.3 is 12.2 Å². The Balaban J connectivity index is 1.80. The van der Waals surface area contributed by atoms with Crippen LogP contribution in [0.3, 0.4) is 0 Å². The normalized spacial score (nSPS) is 17.2. The van der Waals surface area contributed by atoms with Crippen molar-refractivity contribution < 1.29 is 22.6 Å². The van der Waals surface area contributed by atoms with Crippen LogP contribution in [0, 0.1) is 0 Å². The summed E-state index contributed by atoms with van der Waals surface area (Å²) in [6.45, 7) is 0.477. The fourth-order valence-corrected chi connectivity index (χ4v) is 2.92. The van der Waals surface area contributed by atoms with E-state index >= 15 is 0 Å². The Hall–Kier alpha value is -1.86. The molecule has 0 saturated carbocycles. The van der Waals surface area contributed by atoms with Crippen LogP contribution < -0.4 is 4.74 Å². The Morgan fingerprint density at radius 3 is 2.72 bits per heavy atom. The standard InChI is InChI=1S/C17H16ClF3N2O2/c18-12-9-22-16(23-10-12)25-14-4-1-3-11-6-8-24-13(15(11)14)5-2-7-17(19,20)21/h1,3-4,9-10,13H,2,5-8H2. The summed E-state index contributed by atoms with van der Waals surface area (Å²) in [7, 11) is 0. The van der Waals surface area contributed by atoms with E-state index in [1.165, 1.54) is 12.4 Å². The van der Waals surface area contributed by atoms with Crippen LogP contribution in [0.1, 0.15) is 36.5 Å². The molecule has 0 spiro atoms. The smallest absolute Gasteiger partial charge is 0.389 e. The number of hydrogen-bond donors (Lipinski definition) is 0. The summed E-state index contributed by atoms with van der Waals surface area (Å²) in [5.74, 6) is 0.497. The van der Waals surface area contributed by atoms with Crippen LogP contribution in [0.5, 0.6) is 11.8 Å². The Bertz CT molecular complexity index is 723. The fraction of sp³-hybridized carbons (Fsp3) is 0.412. The predicted octanol–water partition coefficient (Wildman–Crippen LogP) is 5.27. The second-order valence-electron chi connectivity index (χ2n) is 5.73. The third-order valence-electron chi connectivity index (χ3n) is 3.89. The summed E-state index contributed by atoms with van der Waals surface area (Å²) in [6, 6.07) is 5.63. The van der Waals surface area contributed by atoms with Gasteiger partial charge in [0, 0.05) is 12.0 Å². The Morgan fingerprint density at radius 2 is 2.00 bits per heavy atom. The van der Waals surface area contributed by atoms with Gasteiger partial charge in [0.25, 0.3) is 0 Å². The zero-order valence-electron chi connectivity index (χ0n) is 13.2. The monoisotopic (exact) mass is 372 g/mol. The number of halogens is 4. The fourth-order valence-electron chi connectivity index (χ4n) is 2.82. The molecule has 0 radical (unpaired) electrons. The maximum absolute atomic E-state index is 12.4. The van der Waals surface area contributed by atoms with E-state index in [4.69, 9.17) is 21.1 Å².